The standard InChI is InChI=1S/C38H48N2O13/c1-16-11-10-12-17(2)37(48)40-28-23(15-39-49)32(45)25-26(33(28)46)31(44)21(6)35-27(25)36(47)38(8,53-35)51-14-13-24(50-9)18(3)34(52-22(7)41)20(5)30(43)19(4)29(16)42/h10-16,18-20,24,29-30,34,42-46,49H,1-9H3,(H,40,48)/b11-10+,14-13+,17-12-,39-15+/t16-,18+,19+,20+,24?,29-,30+,34+,38-/m0/s1. The third-order valence-electron chi connectivity index (χ3n) is 10.2. The van der Waals surface area contributed by atoms with E-state index in [9.17, 15) is 45.1 Å². The number of rotatable bonds is 3. The number of fused-ring (bicyclic) bond motifs is 14. The van der Waals surface area contributed by atoms with Crippen LogP contribution in [0.1, 0.15) is 70.0 Å². The van der Waals surface area contributed by atoms with Gasteiger partial charge in [-0.15, -0.1) is 0 Å². The summed E-state index contributed by atoms with van der Waals surface area (Å²) in [7, 11) is 1.41. The Kier molecular flexibility index (Phi) is 12.2. The minimum atomic E-state index is -2.07. The van der Waals surface area contributed by atoms with Crippen LogP contribution >= 0.6 is 0 Å². The number of nitrogens with zero attached hydrogens (tertiary/aromatic N) is 1. The molecule has 53 heavy (non-hydrogen) atoms. The number of anilines is 1. The molecular weight excluding hydrogens is 692 g/mol. The van der Waals surface area contributed by atoms with Crippen LogP contribution in [0.3, 0.4) is 0 Å². The molecule has 7 N–H and O–H groups in total. The number of benzene rings is 2. The van der Waals surface area contributed by atoms with Gasteiger partial charge in [-0.1, -0.05) is 51.1 Å². The Bertz CT molecular complexity index is 1900. The summed E-state index contributed by atoms with van der Waals surface area (Å²) in [6, 6.07) is 0. The van der Waals surface area contributed by atoms with Crippen molar-refractivity contribution in [1.82, 2.24) is 0 Å². The molecule has 3 aliphatic rings. The number of amides is 1. The number of carbonyl (C=O) groups excluding carboxylic acids is 3. The number of aromatic hydroxyl groups is 3. The fourth-order valence-corrected chi connectivity index (χ4v) is 6.93. The van der Waals surface area contributed by atoms with Gasteiger partial charge in [0, 0.05) is 61.2 Å². The average Bonchev–Trinajstić information content (AvgIpc) is 3.38. The summed E-state index contributed by atoms with van der Waals surface area (Å²) < 4.78 is 23.2. The van der Waals surface area contributed by atoms with Crippen molar-refractivity contribution in [2.75, 3.05) is 12.4 Å². The Labute approximate surface area is 306 Å². The van der Waals surface area contributed by atoms with Crippen molar-refractivity contribution in [3.63, 3.8) is 0 Å². The van der Waals surface area contributed by atoms with E-state index in [1.807, 2.05) is 0 Å². The predicted molar refractivity (Wildman–Crippen MR) is 193 cm³/mol. The number of nitrogens with one attached hydrogen (secondary N) is 1. The number of allylic oxidation sites excluding steroid dienone is 2. The summed E-state index contributed by atoms with van der Waals surface area (Å²) in [6.45, 7) is 12.2. The van der Waals surface area contributed by atoms with E-state index in [4.69, 9.17) is 18.9 Å². The molecule has 5 rings (SSSR count). The number of aliphatic hydroxyl groups excluding tert-OH is 2. The number of phenolic OH excluding ortho intramolecular Hbond substituents is 3. The largest absolute Gasteiger partial charge is 0.507 e. The molecule has 1 amide bonds. The highest BCUT2D eigenvalue weighted by molar-refractivity contribution is 6.23. The van der Waals surface area contributed by atoms with E-state index in [2.05, 4.69) is 10.5 Å². The number of hydrogen-bond acceptors (Lipinski definition) is 14. The van der Waals surface area contributed by atoms with Crippen LogP contribution in [0.25, 0.3) is 10.8 Å². The van der Waals surface area contributed by atoms with Gasteiger partial charge in [0.25, 0.3) is 11.7 Å². The molecule has 9 atom stereocenters. The Morgan fingerprint density at radius 3 is 2.23 bits per heavy atom. The van der Waals surface area contributed by atoms with E-state index >= 15 is 0 Å². The van der Waals surface area contributed by atoms with Crippen LogP contribution < -0.4 is 10.1 Å². The third-order valence-corrected chi connectivity index (χ3v) is 10.2. The first-order valence-corrected chi connectivity index (χ1v) is 17.1. The number of carbonyl (C=O) groups is 3. The molecule has 0 radical (unpaired) electrons. The van der Waals surface area contributed by atoms with Crippen LogP contribution in [0.15, 0.2) is 41.3 Å². The first-order chi connectivity index (χ1) is 24.8. The number of ether oxygens (including phenoxy) is 4. The zero-order valence-electron chi connectivity index (χ0n) is 31.1. The Hall–Kier alpha value is -5.12. The van der Waals surface area contributed by atoms with E-state index in [1.165, 1.54) is 53.0 Å². The molecule has 5 bridgehead atoms. The molecule has 15 nitrogen and oxygen atoms in total. The van der Waals surface area contributed by atoms with Crippen molar-refractivity contribution in [1.29, 1.82) is 0 Å². The molecule has 0 saturated carbocycles. The summed E-state index contributed by atoms with van der Waals surface area (Å²) in [5.74, 6) is -9.00. The molecule has 0 fully saturated rings. The highest BCUT2D eigenvalue weighted by atomic mass is 16.7. The molecule has 3 aliphatic heterocycles. The smallest absolute Gasteiger partial charge is 0.312 e. The van der Waals surface area contributed by atoms with Crippen molar-refractivity contribution >= 4 is 40.3 Å². The van der Waals surface area contributed by atoms with Gasteiger partial charge in [-0.25, -0.2) is 0 Å². The van der Waals surface area contributed by atoms with Crippen LogP contribution in [0, 0.1) is 30.6 Å². The number of oxime groups is 1. The number of Topliss-reactive ketones (excluding diaryl/α,β-unsaturated/α-hetero) is 1. The first-order valence-electron chi connectivity index (χ1n) is 17.1. The molecule has 15 heteroatoms. The highest BCUT2D eigenvalue weighted by Gasteiger charge is 2.50. The fraction of sp³-hybridized carbons (Fsp3) is 0.474. The SMILES string of the molecule is COC1/C=C/O[C@@]2(C)Oc3c(C)c(O)c4c(O)c(c(/C=N/O)c(O)c4c3C2=O)NC(=O)/C(C)=C\C=C\[C@H](C)[C@H](O)[C@@H](C)[C@@H](O)[C@@H](C)[C@H](OC(C)=O)[C@@H]1C. The van der Waals surface area contributed by atoms with E-state index in [-0.39, 0.29) is 27.8 Å². The average molecular weight is 741 g/mol. The Balaban J connectivity index is 1.95. The van der Waals surface area contributed by atoms with Crippen LogP contribution in [-0.2, 0) is 23.8 Å². The summed E-state index contributed by atoms with van der Waals surface area (Å²) in [5.41, 5.74) is -0.978. The number of ketones is 1. The molecular formula is C38H48N2O13. The number of hydrogen-bond donors (Lipinski definition) is 7. The van der Waals surface area contributed by atoms with Crippen LogP contribution in [0.5, 0.6) is 23.0 Å². The number of phenols is 3. The van der Waals surface area contributed by atoms with Crippen molar-refractivity contribution in [3.05, 3.63) is 52.8 Å². The molecule has 288 valence electrons. The maximum absolute atomic E-state index is 14.1. The molecule has 0 spiro atoms. The van der Waals surface area contributed by atoms with E-state index in [1.54, 1.807) is 33.8 Å². The number of methoxy groups -OCH3 is 1. The lowest BCUT2D eigenvalue weighted by Gasteiger charge is -2.38. The van der Waals surface area contributed by atoms with Gasteiger partial charge in [-0.05, 0) is 19.9 Å². The highest BCUT2D eigenvalue weighted by Crippen LogP contribution is 2.55. The zero-order valence-corrected chi connectivity index (χ0v) is 31.1. The van der Waals surface area contributed by atoms with Crippen molar-refractivity contribution in [2.45, 2.75) is 85.6 Å². The van der Waals surface area contributed by atoms with Gasteiger partial charge in [0.2, 0.25) is 0 Å². The van der Waals surface area contributed by atoms with Gasteiger partial charge in [0.15, 0.2) is 5.75 Å². The fourth-order valence-electron chi connectivity index (χ4n) is 6.93. The second kappa shape index (κ2) is 15.9. The predicted octanol–water partition coefficient (Wildman–Crippen LogP) is 4.56. The minimum absolute atomic E-state index is 0.00476. The topological polar surface area (TPSA) is 234 Å². The quantitative estimate of drug-likeness (QED) is 0.0572. The monoisotopic (exact) mass is 740 g/mol. The summed E-state index contributed by atoms with van der Waals surface area (Å²) >= 11 is 0. The molecule has 2 aromatic carbocycles. The van der Waals surface area contributed by atoms with E-state index in [0.29, 0.717) is 0 Å². The van der Waals surface area contributed by atoms with Crippen LogP contribution in [-0.4, -0.2) is 91.9 Å². The molecule has 2 aromatic rings. The van der Waals surface area contributed by atoms with Gasteiger partial charge in [0.05, 0.1) is 53.0 Å². The summed E-state index contributed by atoms with van der Waals surface area (Å²) in [4.78, 5) is 39.7. The van der Waals surface area contributed by atoms with Crippen molar-refractivity contribution in [2.24, 2.45) is 28.8 Å². The Morgan fingerprint density at radius 2 is 1.62 bits per heavy atom. The van der Waals surface area contributed by atoms with Gasteiger partial charge in [-0.2, -0.15) is 0 Å². The van der Waals surface area contributed by atoms with Gasteiger partial charge in [-0.3, -0.25) is 14.4 Å². The van der Waals surface area contributed by atoms with E-state index in [0.717, 1.165) is 12.5 Å². The molecule has 3 heterocycles. The second-order valence-electron chi connectivity index (χ2n) is 13.9. The normalized spacial score (nSPS) is 32.2. The first kappa shape index (κ1) is 40.6. The van der Waals surface area contributed by atoms with Gasteiger partial charge in [0.1, 0.15) is 23.4 Å². The second-order valence-corrected chi connectivity index (χ2v) is 13.9. The third kappa shape index (κ3) is 7.54. The molecule has 0 aliphatic carbocycles. The maximum atomic E-state index is 14.1. The summed E-state index contributed by atoms with van der Waals surface area (Å²) in [6.07, 6.45) is 4.01. The zero-order chi connectivity index (χ0) is 39.7. The maximum Gasteiger partial charge on any atom is 0.312 e. The Morgan fingerprint density at radius 1 is 0.962 bits per heavy atom. The van der Waals surface area contributed by atoms with Gasteiger partial charge < -0.3 is 55.0 Å². The van der Waals surface area contributed by atoms with Crippen molar-refractivity contribution in [3.8, 4) is 23.0 Å². The minimum Gasteiger partial charge on any atom is -0.507 e. The number of esters is 1. The lowest BCUT2D eigenvalue weighted by Crippen LogP contribution is -2.46. The van der Waals surface area contributed by atoms with Gasteiger partial charge >= 0.3 is 11.8 Å². The molecule has 0 aromatic heterocycles. The molecule has 1 unspecified atom stereocenters. The lowest BCUT2D eigenvalue weighted by atomic mass is 9.78. The van der Waals surface area contributed by atoms with E-state index < -0.39 is 105 Å². The summed E-state index contributed by atoms with van der Waals surface area (Å²) in [5, 5.41) is 71.2. The molecule has 0 saturated heterocycles. The number of aliphatic hydroxyl groups is 2. The lowest BCUT2D eigenvalue weighted by molar-refractivity contribution is -0.160. The van der Waals surface area contributed by atoms with Crippen molar-refractivity contribution < 1.29 is 64.1 Å². The van der Waals surface area contributed by atoms with Crippen LogP contribution in [0.4, 0.5) is 5.69 Å². The van der Waals surface area contributed by atoms with Crippen LogP contribution in [0.2, 0.25) is 0 Å².